The maximum Gasteiger partial charge on any atom is 3.00 e. The van der Waals surface area contributed by atoms with Gasteiger partial charge in [0.15, 0.2) is 0 Å². The second kappa shape index (κ2) is 36.1. The Morgan fingerprint density at radius 3 is 0.775 bits per heavy atom. The SMILES string of the molecule is CCCCCCCCC(O)C(=O)[O-].CCCCCCCCC(O)C(=O)[O-].CCCCCCCCC(O)C(=O)[O-].[Sb+3]. The van der Waals surface area contributed by atoms with Crippen LogP contribution in [0.15, 0.2) is 0 Å². The van der Waals surface area contributed by atoms with Crippen molar-refractivity contribution in [3.05, 3.63) is 0 Å². The standard InChI is InChI=1S/3C10H20O3.Sb/c3*1-2-3-4-5-6-7-8-9(11)10(12)13;/h3*9,11H,2-8H2,1H3,(H,12,13);/q;;;+3/p-3. The monoisotopic (exact) mass is 682 g/mol. The number of carbonyl (C=O) groups excluding carboxylic acids is 3. The predicted octanol–water partition coefficient (Wildman–Crippen LogP) is 2.16. The number of hydrogen-bond acceptors (Lipinski definition) is 9. The molecule has 0 amide bonds. The van der Waals surface area contributed by atoms with Crippen LogP contribution in [0.4, 0.5) is 0 Å². The molecule has 0 aromatic carbocycles. The average molecular weight is 684 g/mol. The molecule has 10 heteroatoms. The molecule has 236 valence electrons. The van der Waals surface area contributed by atoms with Crippen molar-refractivity contribution in [1.29, 1.82) is 0 Å². The second-order valence-corrected chi connectivity index (χ2v) is 10.2. The third kappa shape index (κ3) is 39.3. The van der Waals surface area contributed by atoms with Crippen LogP contribution in [0.3, 0.4) is 0 Å². The fourth-order valence-corrected chi connectivity index (χ4v) is 3.71. The second-order valence-electron chi connectivity index (χ2n) is 10.2. The van der Waals surface area contributed by atoms with E-state index >= 15 is 0 Å². The maximum absolute atomic E-state index is 10.1. The van der Waals surface area contributed by atoms with Gasteiger partial charge in [-0.1, -0.05) is 136 Å². The van der Waals surface area contributed by atoms with Gasteiger partial charge in [-0.15, -0.1) is 0 Å². The smallest absolute Gasteiger partial charge is 0.547 e. The fraction of sp³-hybridized carbons (Fsp3) is 0.900. The summed E-state index contributed by atoms with van der Waals surface area (Å²) in [5, 5.41) is 56.9. The molecule has 3 atom stereocenters. The van der Waals surface area contributed by atoms with Crippen LogP contribution < -0.4 is 15.3 Å². The first kappa shape index (κ1) is 46.1. The van der Waals surface area contributed by atoms with E-state index in [0.717, 1.165) is 57.8 Å². The van der Waals surface area contributed by atoms with E-state index in [0.29, 0.717) is 19.3 Å². The van der Waals surface area contributed by atoms with Crippen LogP contribution >= 0.6 is 0 Å². The van der Waals surface area contributed by atoms with Crippen molar-refractivity contribution in [1.82, 2.24) is 0 Å². The van der Waals surface area contributed by atoms with Gasteiger partial charge in [-0.05, 0) is 19.3 Å². The van der Waals surface area contributed by atoms with Gasteiger partial charge >= 0.3 is 24.4 Å². The van der Waals surface area contributed by atoms with Gasteiger partial charge in [-0.25, -0.2) is 0 Å². The molecule has 3 N–H and O–H groups in total. The van der Waals surface area contributed by atoms with Crippen molar-refractivity contribution >= 4 is 42.3 Å². The Balaban J connectivity index is -0.000000240. The molecular weight excluding hydrogens is 626 g/mol. The summed E-state index contributed by atoms with van der Waals surface area (Å²) in [7, 11) is 0. The number of rotatable bonds is 24. The van der Waals surface area contributed by atoms with E-state index in [-0.39, 0.29) is 24.4 Å². The summed E-state index contributed by atoms with van der Waals surface area (Å²) >= 11 is 0. The number of aliphatic hydroxyl groups excluding tert-OH is 3. The van der Waals surface area contributed by atoms with Gasteiger partial charge < -0.3 is 45.0 Å². The third-order valence-corrected chi connectivity index (χ3v) is 6.31. The summed E-state index contributed by atoms with van der Waals surface area (Å²) in [4.78, 5) is 30.3. The zero-order chi connectivity index (χ0) is 30.3. The van der Waals surface area contributed by atoms with Crippen LogP contribution in [-0.2, 0) is 14.4 Å². The molecule has 0 fully saturated rings. The Labute approximate surface area is 260 Å². The van der Waals surface area contributed by atoms with Crippen LogP contribution in [0.5, 0.6) is 0 Å². The molecule has 0 aliphatic rings. The van der Waals surface area contributed by atoms with Gasteiger partial charge in [0, 0.05) is 0 Å². The van der Waals surface area contributed by atoms with E-state index in [4.69, 9.17) is 15.3 Å². The zero-order valence-electron chi connectivity index (χ0n) is 25.3. The first-order valence-corrected chi connectivity index (χ1v) is 15.2. The molecule has 0 heterocycles. The molecule has 0 aromatic rings. The molecule has 3 unspecified atom stereocenters. The number of hydrogen-bond donors (Lipinski definition) is 3. The average Bonchev–Trinajstić information content (AvgIpc) is 2.90. The van der Waals surface area contributed by atoms with Crippen LogP contribution in [0, 0.1) is 0 Å². The molecule has 0 rings (SSSR count). The minimum absolute atomic E-state index is 0. The fourth-order valence-electron chi connectivity index (χ4n) is 3.71. The zero-order valence-corrected chi connectivity index (χ0v) is 27.9. The predicted molar refractivity (Wildman–Crippen MR) is 153 cm³/mol. The van der Waals surface area contributed by atoms with E-state index in [1.165, 1.54) is 57.8 Å². The van der Waals surface area contributed by atoms with Crippen molar-refractivity contribution in [2.45, 2.75) is 174 Å². The van der Waals surface area contributed by atoms with Gasteiger partial charge in [0.05, 0.1) is 36.2 Å². The van der Waals surface area contributed by atoms with Crippen LogP contribution in [0.2, 0.25) is 0 Å². The van der Waals surface area contributed by atoms with Crippen molar-refractivity contribution in [3.8, 4) is 0 Å². The van der Waals surface area contributed by atoms with Crippen molar-refractivity contribution in [3.63, 3.8) is 0 Å². The minimum Gasteiger partial charge on any atom is -0.547 e. The Morgan fingerprint density at radius 1 is 0.425 bits per heavy atom. The van der Waals surface area contributed by atoms with Gasteiger partial charge in [0.1, 0.15) is 0 Å². The summed E-state index contributed by atoms with van der Waals surface area (Å²) in [6.45, 7) is 6.46. The van der Waals surface area contributed by atoms with E-state index in [1.54, 1.807) is 0 Å². The third-order valence-electron chi connectivity index (χ3n) is 6.31. The Bertz CT molecular complexity index is 485. The molecule has 40 heavy (non-hydrogen) atoms. The molecule has 0 aliphatic carbocycles. The topological polar surface area (TPSA) is 181 Å². The molecule has 0 saturated carbocycles. The first-order chi connectivity index (χ1) is 18.5. The molecule has 0 bridgehead atoms. The molecule has 2 radical (unpaired) electrons. The van der Waals surface area contributed by atoms with E-state index in [1.807, 2.05) is 0 Å². The van der Waals surface area contributed by atoms with Gasteiger partial charge in [-0.3, -0.25) is 0 Å². The molecule has 0 spiro atoms. The summed E-state index contributed by atoms with van der Waals surface area (Å²) in [5.74, 6) is -4.06. The van der Waals surface area contributed by atoms with Crippen LogP contribution in [0.25, 0.3) is 0 Å². The Morgan fingerprint density at radius 2 is 0.600 bits per heavy atom. The molecular formula is C30H57O9Sb. The number of carboxylic acid groups (broad SMARTS) is 3. The number of unbranched alkanes of at least 4 members (excludes halogenated alkanes) is 15. The molecule has 9 nitrogen and oxygen atoms in total. The Kier molecular flexibility index (Phi) is 41.6. The maximum atomic E-state index is 10.1. The summed E-state index contributed by atoms with van der Waals surface area (Å²) in [6.07, 6.45) is 16.9. The number of aliphatic carboxylic acids is 3. The largest absolute Gasteiger partial charge is 3.00 e. The van der Waals surface area contributed by atoms with E-state index in [9.17, 15) is 29.7 Å². The number of carbonyl (C=O) groups is 3. The van der Waals surface area contributed by atoms with Gasteiger partial charge in [0.2, 0.25) is 0 Å². The molecule has 0 aromatic heterocycles. The summed E-state index contributed by atoms with van der Waals surface area (Å²) < 4.78 is 0. The molecule has 0 saturated heterocycles. The van der Waals surface area contributed by atoms with E-state index in [2.05, 4.69) is 20.8 Å². The van der Waals surface area contributed by atoms with E-state index < -0.39 is 36.2 Å². The summed E-state index contributed by atoms with van der Waals surface area (Å²) in [5.41, 5.74) is 0. The van der Waals surface area contributed by atoms with Crippen molar-refractivity contribution in [2.24, 2.45) is 0 Å². The normalized spacial score (nSPS) is 12.4. The van der Waals surface area contributed by atoms with Gasteiger partial charge in [0.25, 0.3) is 0 Å². The van der Waals surface area contributed by atoms with Crippen molar-refractivity contribution in [2.75, 3.05) is 0 Å². The summed E-state index contributed by atoms with van der Waals surface area (Å²) in [6, 6.07) is 0. The van der Waals surface area contributed by atoms with Gasteiger partial charge in [-0.2, -0.15) is 0 Å². The molecule has 0 aliphatic heterocycles. The number of aliphatic hydroxyl groups is 3. The van der Waals surface area contributed by atoms with Crippen molar-refractivity contribution < 1.29 is 45.0 Å². The minimum atomic E-state index is -1.35. The first-order valence-electron chi connectivity index (χ1n) is 15.2. The van der Waals surface area contributed by atoms with Crippen LogP contribution in [0.1, 0.15) is 156 Å². The number of carboxylic acids is 3. The van der Waals surface area contributed by atoms with Crippen LogP contribution in [-0.4, -0.2) is 76.0 Å². The Hall–Kier alpha value is -0.892. The quantitative estimate of drug-likeness (QED) is 0.102.